The van der Waals surface area contributed by atoms with Crippen molar-refractivity contribution in [2.75, 3.05) is 24.7 Å². The maximum absolute atomic E-state index is 10.7. The molecular formula is C14H17N3O2S. The van der Waals surface area contributed by atoms with Gasteiger partial charge in [-0.25, -0.2) is 4.98 Å². The molecule has 2 rings (SSSR count). The molecule has 0 amide bonds. The molecule has 106 valence electrons. The molecular weight excluding hydrogens is 274 g/mol. The number of nitrogens with zero attached hydrogens (tertiary/aromatic N) is 3. The Kier molecular flexibility index (Phi) is 4.34. The molecule has 0 aliphatic carbocycles. The molecule has 1 aromatic carbocycles. The van der Waals surface area contributed by atoms with E-state index in [1.165, 1.54) is 11.8 Å². The van der Waals surface area contributed by atoms with Crippen LogP contribution in [0.15, 0.2) is 35.6 Å². The standard InChI is InChI=1S/C14H17N3O2S/c1-10-8-17(14(15-10)20-9-13(18)19)12-7-5-4-6-11(12)16(2)3/h4-8H,9H2,1-3H3,(H,18,19). The van der Waals surface area contributed by atoms with Crippen LogP contribution >= 0.6 is 11.8 Å². The highest BCUT2D eigenvalue weighted by atomic mass is 32.2. The lowest BCUT2D eigenvalue weighted by atomic mass is 10.2. The number of anilines is 1. The molecule has 0 aliphatic rings. The summed E-state index contributed by atoms with van der Waals surface area (Å²) >= 11 is 1.23. The minimum absolute atomic E-state index is 0.000580. The van der Waals surface area contributed by atoms with E-state index in [9.17, 15) is 4.79 Å². The zero-order valence-electron chi connectivity index (χ0n) is 11.7. The zero-order chi connectivity index (χ0) is 14.7. The van der Waals surface area contributed by atoms with Crippen molar-refractivity contribution in [2.24, 2.45) is 0 Å². The van der Waals surface area contributed by atoms with E-state index in [0.717, 1.165) is 17.1 Å². The molecule has 1 heterocycles. The Labute approximate surface area is 122 Å². The van der Waals surface area contributed by atoms with Crippen LogP contribution in [-0.4, -0.2) is 40.5 Å². The number of aromatic nitrogens is 2. The van der Waals surface area contributed by atoms with Gasteiger partial charge in [-0.1, -0.05) is 23.9 Å². The van der Waals surface area contributed by atoms with Gasteiger partial charge >= 0.3 is 5.97 Å². The molecule has 6 heteroatoms. The molecule has 2 aromatic rings. The van der Waals surface area contributed by atoms with Crippen molar-refractivity contribution in [3.05, 3.63) is 36.2 Å². The summed E-state index contributed by atoms with van der Waals surface area (Å²) in [5, 5.41) is 9.51. The van der Waals surface area contributed by atoms with Gasteiger partial charge < -0.3 is 10.0 Å². The second-order valence-electron chi connectivity index (χ2n) is 4.60. The third-order valence-corrected chi connectivity index (χ3v) is 3.68. The molecule has 0 saturated heterocycles. The van der Waals surface area contributed by atoms with Gasteiger partial charge in [0.05, 0.1) is 22.8 Å². The SMILES string of the molecule is Cc1cn(-c2ccccc2N(C)C)c(SCC(=O)O)n1. The van der Waals surface area contributed by atoms with Gasteiger partial charge in [-0.2, -0.15) is 0 Å². The highest BCUT2D eigenvalue weighted by Crippen LogP contribution is 2.28. The third kappa shape index (κ3) is 3.14. The van der Waals surface area contributed by atoms with E-state index in [-0.39, 0.29) is 5.75 Å². The van der Waals surface area contributed by atoms with Crippen LogP contribution in [0.25, 0.3) is 5.69 Å². The molecule has 0 saturated carbocycles. The molecule has 0 unspecified atom stereocenters. The van der Waals surface area contributed by atoms with E-state index in [1.54, 1.807) is 0 Å². The highest BCUT2D eigenvalue weighted by molar-refractivity contribution is 7.99. The Bertz CT molecular complexity index is 623. The van der Waals surface area contributed by atoms with Crippen molar-refractivity contribution < 1.29 is 9.90 Å². The van der Waals surface area contributed by atoms with E-state index in [2.05, 4.69) is 4.98 Å². The number of benzene rings is 1. The maximum atomic E-state index is 10.7. The molecule has 20 heavy (non-hydrogen) atoms. The van der Waals surface area contributed by atoms with Crippen molar-refractivity contribution in [1.29, 1.82) is 0 Å². The Hall–Kier alpha value is -1.95. The lowest BCUT2D eigenvalue weighted by molar-refractivity contribution is -0.133. The van der Waals surface area contributed by atoms with Gasteiger partial charge in [-0.05, 0) is 19.1 Å². The number of para-hydroxylation sites is 2. The molecule has 0 spiro atoms. The van der Waals surface area contributed by atoms with Crippen LogP contribution in [0, 0.1) is 6.92 Å². The topological polar surface area (TPSA) is 58.4 Å². The second-order valence-corrected chi connectivity index (χ2v) is 5.54. The summed E-state index contributed by atoms with van der Waals surface area (Å²) in [7, 11) is 3.96. The fourth-order valence-corrected chi connectivity index (χ4v) is 2.67. The van der Waals surface area contributed by atoms with Crippen LogP contribution in [0.1, 0.15) is 5.69 Å². The van der Waals surface area contributed by atoms with Crippen molar-refractivity contribution >= 4 is 23.4 Å². The van der Waals surface area contributed by atoms with Crippen LogP contribution < -0.4 is 4.90 Å². The summed E-state index contributed by atoms with van der Waals surface area (Å²) in [6.07, 6.45) is 1.92. The smallest absolute Gasteiger partial charge is 0.313 e. The minimum Gasteiger partial charge on any atom is -0.481 e. The largest absolute Gasteiger partial charge is 0.481 e. The van der Waals surface area contributed by atoms with Crippen molar-refractivity contribution in [1.82, 2.24) is 9.55 Å². The number of aliphatic carboxylic acids is 1. The number of hydrogen-bond donors (Lipinski definition) is 1. The lowest BCUT2D eigenvalue weighted by Gasteiger charge is -2.18. The number of imidazole rings is 1. The van der Waals surface area contributed by atoms with Crippen LogP contribution in [0.2, 0.25) is 0 Å². The number of aryl methyl sites for hydroxylation is 1. The fraction of sp³-hybridized carbons (Fsp3) is 0.286. The maximum Gasteiger partial charge on any atom is 0.313 e. The van der Waals surface area contributed by atoms with E-state index >= 15 is 0 Å². The first-order valence-electron chi connectivity index (χ1n) is 6.16. The van der Waals surface area contributed by atoms with Gasteiger partial charge in [0.1, 0.15) is 0 Å². The Morgan fingerprint density at radius 1 is 1.40 bits per heavy atom. The van der Waals surface area contributed by atoms with Crippen molar-refractivity contribution in [3.63, 3.8) is 0 Å². The molecule has 0 fully saturated rings. The van der Waals surface area contributed by atoms with Crippen LogP contribution in [0.5, 0.6) is 0 Å². The first-order valence-corrected chi connectivity index (χ1v) is 7.15. The van der Waals surface area contributed by atoms with Gasteiger partial charge in [0, 0.05) is 20.3 Å². The predicted octanol–water partition coefficient (Wildman–Crippen LogP) is 2.42. The van der Waals surface area contributed by atoms with E-state index in [0.29, 0.717) is 5.16 Å². The van der Waals surface area contributed by atoms with Crippen molar-refractivity contribution in [2.45, 2.75) is 12.1 Å². The Balaban J connectivity index is 2.44. The molecule has 1 N–H and O–H groups in total. The quantitative estimate of drug-likeness (QED) is 0.857. The van der Waals surface area contributed by atoms with Gasteiger partial charge in [0.25, 0.3) is 0 Å². The van der Waals surface area contributed by atoms with Gasteiger partial charge in [0.15, 0.2) is 5.16 Å². The van der Waals surface area contributed by atoms with Gasteiger partial charge in [-0.15, -0.1) is 0 Å². The zero-order valence-corrected chi connectivity index (χ0v) is 12.5. The van der Waals surface area contributed by atoms with Crippen LogP contribution in [-0.2, 0) is 4.79 Å². The predicted molar refractivity (Wildman–Crippen MR) is 81.0 cm³/mol. The first-order chi connectivity index (χ1) is 9.49. The van der Waals surface area contributed by atoms with Crippen molar-refractivity contribution in [3.8, 4) is 5.69 Å². The van der Waals surface area contributed by atoms with Crippen LogP contribution in [0.3, 0.4) is 0 Å². The minimum atomic E-state index is -0.844. The summed E-state index contributed by atoms with van der Waals surface area (Å²) in [4.78, 5) is 17.2. The number of carboxylic acids is 1. The molecule has 0 atom stereocenters. The number of carbonyl (C=O) groups is 1. The van der Waals surface area contributed by atoms with Crippen LogP contribution in [0.4, 0.5) is 5.69 Å². The molecule has 0 aliphatic heterocycles. The second kappa shape index (κ2) is 6.00. The summed E-state index contributed by atoms with van der Waals surface area (Å²) in [6.45, 7) is 1.90. The number of hydrogen-bond acceptors (Lipinski definition) is 4. The summed E-state index contributed by atoms with van der Waals surface area (Å²) < 4.78 is 1.94. The number of rotatable bonds is 5. The average molecular weight is 291 g/mol. The monoisotopic (exact) mass is 291 g/mol. The van der Waals surface area contributed by atoms with Gasteiger partial charge in [-0.3, -0.25) is 9.36 Å². The van der Waals surface area contributed by atoms with Gasteiger partial charge in [0.2, 0.25) is 0 Å². The highest BCUT2D eigenvalue weighted by Gasteiger charge is 2.13. The molecule has 1 aromatic heterocycles. The third-order valence-electron chi connectivity index (χ3n) is 2.74. The first kappa shape index (κ1) is 14.5. The van der Waals surface area contributed by atoms with E-state index in [1.807, 2.05) is 60.9 Å². The normalized spacial score (nSPS) is 10.6. The lowest BCUT2D eigenvalue weighted by Crippen LogP contribution is -2.12. The summed E-state index contributed by atoms with van der Waals surface area (Å²) in [6, 6.07) is 7.97. The van der Waals surface area contributed by atoms with E-state index < -0.39 is 5.97 Å². The Morgan fingerprint density at radius 3 is 2.75 bits per heavy atom. The summed E-state index contributed by atoms with van der Waals surface area (Å²) in [5.74, 6) is -0.844. The number of carboxylic acid groups (broad SMARTS) is 1. The fourth-order valence-electron chi connectivity index (χ4n) is 1.92. The average Bonchev–Trinajstić information content (AvgIpc) is 2.77. The molecule has 5 nitrogen and oxygen atoms in total. The summed E-state index contributed by atoms with van der Waals surface area (Å²) in [5.41, 5.74) is 2.92. The Morgan fingerprint density at radius 2 is 2.10 bits per heavy atom. The molecule has 0 bridgehead atoms. The molecule has 0 radical (unpaired) electrons. The van der Waals surface area contributed by atoms with E-state index in [4.69, 9.17) is 5.11 Å². The number of thioether (sulfide) groups is 1.